The molecule has 10 heteroatoms. The molecule has 3 N–H and O–H groups in total. The predicted molar refractivity (Wildman–Crippen MR) is 94.9 cm³/mol. The third-order valence-corrected chi connectivity index (χ3v) is 4.17. The molecule has 0 aliphatic carbocycles. The zero-order chi connectivity index (χ0) is 19.0. The van der Waals surface area contributed by atoms with Crippen molar-refractivity contribution in [1.82, 2.24) is 21.0 Å². The molecular weight excluding hydrogens is 376 g/mol. The highest BCUT2D eigenvalue weighted by atomic mass is 35.5. The van der Waals surface area contributed by atoms with E-state index in [1.807, 2.05) is 0 Å². The molecule has 0 saturated heterocycles. The van der Waals surface area contributed by atoms with Crippen LogP contribution in [-0.2, 0) is 0 Å². The first-order valence-electron chi connectivity index (χ1n) is 7.72. The lowest BCUT2D eigenvalue weighted by Crippen LogP contribution is -2.42. The van der Waals surface area contributed by atoms with E-state index in [1.54, 1.807) is 24.3 Å². The summed E-state index contributed by atoms with van der Waals surface area (Å²) in [6.45, 7) is 0.0157. The zero-order valence-electron chi connectivity index (χ0n) is 13.5. The second-order valence-corrected chi connectivity index (χ2v) is 5.95. The van der Waals surface area contributed by atoms with Gasteiger partial charge in [0.1, 0.15) is 0 Å². The minimum atomic E-state index is -0.692. The summed E-state index contributed by atoms with van der Waals surface area (Å²) in [6, 6.07) is 9.34. The van der Waals surface area contributed by atoms with E-state index in [0.29, 0.717) is 22.3 Å². The summed E-state index contributed by atoms with van der Waals surface area (Å²) in [7, 11) is 0. The van der Waals surface area contributed by atoms with E-state index < -0.39 is 17.4 Å². The van der Waals surface area contributed by atoms with Gasteiger partial charge in [-0.3, -0.25) is 25.2 Å². The number of nitrogens with zero attached hydrogens (tertiary/aromatic N) is 1. The second kappa shape index (κ2) is 6.61. The molecule has 3 aromatic rings. The average molecular weight is 387 g/mol. The van der Waals surface area contributed by atoms with Crippen molar-refractivity contribution in [1.29, 1.82) is 0 Å². The highest BCUT2D eigenvalue weighted by Gasteiger charge is 2.21. The van der Waals surface area contributed by atoms with E-state index >= 15 is 0 Å². The van der Waals surface area contributed by atoms with Crippen LogP contribution in [-0.4, -0.2) is 28.8 Å². The van der Waals surface area contributed by atoms with Crippen molar-refractivity contribution in [2.75, 3.05) is 6.79 Å². The van der Waals surface area contributed by atoms with Gasteiger partial charge in [-0.15, -0.1) is 0 Å². The Bertz CT molecular complexity index is 1140. The fourth-order valence-corrected chi connectivity index (χ4v) is 2.90. The molecule has 0 unspecified atom stereocenters. The maximum absolute atomic E-state index is 12.4. The molecule has 0 radical (unpaired) electrons. The molecule has 0 atom stereocenters. The Labute approximate surface area is 156 Å². The maximum atomic E-state index is 12.4. The van der Waals surface area contributed by atoms with Crippen molar-refractivity contribution in [3.63, 3.8) is 0 Å². The fourth-order valence-electron chi connectivity index (χ4n) is 2.63. The normalized spacial score (nSPS) is 12.0. The van der Waals surface area contributed by atoms with Crippen LogP contribution in [0.2, 0.25) is 5.02 Å². The second-order valence-electron chi connectivity index (χ2n) is 5.55. The molecule has 0 fully saturated rings. The van der Waals surface area contributed by atoms with E-state index in [2.05, 4.69) is 21.0 Å². The third kappa shape index (κ3) is 3.04. The molecule has 0 bridgehead atoms. The number of hydrogen-bond acceptors (Lipinski definition) is 6. The number of ether oxygens (including phenoxy) is 2. The van der Waals surface area contributed by atoms with Gasteiger partial charge in [-0.25, -0.2) is 5.10 Å². The summed E-state index contributed by atoms with van der Waals surface area (Å²) < 4.78 is 10.4. The predicted octanol–water partition coefficient (Wildman–Crippen LogP) is 1.38. The molecule has 0 saturated carbocycles. The van der Waals surface area contributed by atoms with Crippen LogP contribution in [0.5, 0.6) is 11.5 Å². The first kappa shape index (κ1) is 16.9. The van der Waals surface area contributed by atoms with Gasteiger partial charge in [0.25, 0.3) is 17.4 Å². The third-order valence-electron chi connectivity index (χ3n) is 3.89. The van der Waals surface area contributed by atoms with Crippen LogP contribution in [0.3, 0.4) is 0 Å². The number of benzene rings is 2. The van der Waals surface area contributed by atoms with Crippen molar-refractivity contribution in [3.05, 3.63) is 63.0 Å². The monoisotopic (exact) mass is 386 g/mol. The van der Waals surface area contributed by atoms with Gasteiger partial charge in [-0.2, -0.15) is 5.10 Å². The number of rotatable bonds is 2. The molecule has 27 heavy (non-hydrogen) atoms. The Morgan fingerprint density at radius 2 is 1.81 bits per heavy atom. The number of aromatic nitrogens is 2. The van der Waals surface area contributed by atoms with Crippen LogP contribution in [0.4, 0.5) is 0 Å². The lowest BCUT2D eigenvalue weighted by atomic mass is 10.1. The van der Waals surface area contributed by atoms with Crippen LogP contribution in [0.15, 0.2) is 41.2 Å². The van der Waals surface area contributed by atoms with Crippen LogP contribution < -0.4 is 25.9 Å². The lowest BCUT2D eigenvalue weighted by molar-refractivity contribution is 0.0844. The largest absolute Gasteiger partial charge is 0.454 e. The molecule has 2 heterocycles. The summed E-state index contributed by atoms with van der Waals surface area (Å²) in [5.74, 6) is -0.603. The molecule has 2 amide bonds. The van der Waals surface area contributed by atoms with Crippen molar-refractivity contribution >= 4 is 34.2 Å². The van der Waals surface area contributed by atoms with E-state index in [-0.39, 0.29) is 23.1 Å². The Hall–Kier alpha value is -3.59. The standard InChI is InChI=1S/C17H11ClN4O5/c18-11-5-8(6-12-14(11)27-7-26-12)15(23)20-22-17(25)13-9-3-1-2-4-10(9)16(24)21-19-13/h1-6H,7H2,(H,20,23)(H,21,24)(H,22,25). The van der Waals surface area contributed by atoms with Gasteiger partial charge in [0.05, 0.1) is 10.4 Å². The minimum absolute atomic E-state index is 0.0157. The molecule has 136 valence electrons. The summed E-state index contributed by atoms with van der Waals surface area (Å²) in [6.07, 6.45) is 0. The lowest BCUT2D eigenvalue weighted by Gasteiger charge is -2.09. The van der Waals surface area contributed by atoms with E-state index in [9.17, 15) is 14.4 Å². The summed E-state index contributed by atoms with van der Waals surface area (Å²) in [4.78, 5) is 36.4. The number of carbonyl (C=O) groups is 2. The van der Waals surface area contributed by atoms with Crippen LogP contribution in [0.25, 0.3) is 10.8 Å². The molecule has 1 aliphatic rings. The van der Waals surface area contributed by atoms with Crippen LogP contribution in [0, 0.1) is 0 Å². The van der Waals surface area contributed by atoms with Gasteiger partial charge in [-0.05, 0) is 18.2 Å². The van der Waals surface area contributed by atoms with Crippen molar-refractivity contribution in [3.8, 4) is 11.5 Å². The number of hydrogen-bond donors (Lipinski definition) is 3. The zero-order valence-corrected chi connectivity index (χ0v) is 14.3. The van der Waals surface area contributed by atoms with E-state index in [1.165, 1.54) is 12.1 Å². The molecular formula is C17H11ClN4O5. The number of halogens is 1. The minimum Gasteiger partial charge on any atom is -0.454 e. The van der Waals surface area contributed by atoms with Gasteiger partial charge in [0.15, 0.2) is 17.2 Å². The molecule has 0 spiro atoms. The number of aromatic amines is 1. The van der Waals surface area contributed by atoms with E-state index in [4.69, 9.17) is 21.1 Å². The number of hydrazine groups is 1. The number of H-pyrrole nitrogens is 1. The quantitative estimate of drug-likeness (QED) is 0.572. The first-order valence-corrected chi connectivity index (χ1v) is 8.09. The van der Waals surface area contributed by atoms with Gasteiger partial charge in [0, 0.05) is 10.9 Å². The highest BCUT2D eigenvalue weighted by Crippen LogP contribution is 2.39. The SMILES string of the molecule is O=C(NNC(=O)c1n[nH]c(=O)c2ccccc12)c1cc(Cl)c2c(c1)OCO2. The Morgan fingerprint density at radius 1 is 1.07 bits per heavy atom. The van der Waals surface area contributed by atoms with Gasteiger partial charge in [-0.1, -0.05) is 29.8 Å². The summed E-state index contributed by atoms with van der Waals surface area (Å²) >= 11 is 6.04. The van der Waals surface area contributed by atoms with Crippen LogP contribution in [0.1, 0.15) is 20.8 Å². The maximum Gasteiger partial charge on any atom is 0.290 e. The fraction of sp³-hybridized carbons (Fsp3) is 0.0588. The van der Waals surface area contributed by atoms with Crippen LogP contribution >= 0.6 is 11.6 Å². The molecule has 1 aromatic heterocycles. The Kier molecular flexibility index (Phi) is 4.13. The number of nitrogens with one attached hydrogen (secondary N) is 3. The van der Waals surface area contributed by atoms with E-state index in [0.717, 1.165) is 0 Å². The first-order chi connectivity index (χ1) is 13.0. The number of amides is 2. The summed E-state index contributed by atoms with van der Waals surface area (Å²) in [5.41, 5.74) is 4.25. The average Bonchev–Trinajstić information content (AvgIpc) is 3.15. The van der Waals surface area contributed by atoms with Gasteiger partial charge < -0.3 is 9.47 Å². The molecule has 1 aliphatic heterocycles. The number of carbonyl (C=O) groups excluding carboxylic acids is 2. The Morgan fingerprint density at radius 3 is 2.63 bits per heavy atom. The topological polar surface area (TPSA) is 122 Å². The molecule has 2 aromatic carbocycles. The van der Waals surface area contributed by atoms with Crippen molar-refractivity contribution in [2.45, 2.75) is 0 Å². The molecule has 9 nitrogen and oxygen atoms in total. The van der Waals surface area contributed by atoms with Gasteiger partial charge in [0.2, 0.25) is 6.79 Å². The smallest absolute Gasteiger partial charge is 0.290 e. The highest BCUT2D eigenvalue weighted by molar-refractivity contribution is 6.32. The molecule has 4 rings (SSSR count). The van der Waals surface area contributed by atoms with Crippen molar-refractivity contribution < 1.29 is 19.1 Å². The number of fused-ring (bicyclic) bond motifs is 2. The summed E-state index contributed by atoms with van der Waals surface area (Å²) in [5, 5.41) is 6.90. The Balaban J connectivity index is 1.53. The van der Waals surface area contributed by atoms with Crippen molar-refractivity contribution in [2.24, 2.45) is 0 Å². The van der Waals surface area contributed by atoms with Gasteiger partial charge >= 0.3 is 0 Å².